The van der Waals surface area contributed by atoms with Crippen LogP contribution in [0.4, 0.5) is 0 Å². The van der Waals surface area contributed by atoms with Crippen LogP contribution < -0.4 is 0 Å². The third-order valence-electron chi connectivity index (χ3n) is 1.56. The van der Waals surface area contributed by atoms with Crippen LogP contribution in [0.2, 0.25) is 0 Å². The molecule has 0 saturated heterocycles. The van der Waals surface area contributed by atoms with Gasteiger partial charge in [0.05, 0.1) is 15.1 Å². The van der Waals surface area contributed by atoms with Crippen LogP contribution in [0.25, 0.3) is 0 Å². The lowest BCUT2D eigenvalue weighted by Crippen LogP contribution is -2.28. The minimum atomic E-state index is 0. The molecule has 1 rings (SSSR count). The Bertz CT molecular complexity index is 123. The van der Waals surface area contributed by atoms with Gasteiger partial charge in [0.1, 0.15) is 0 Å². The smallest absolute Gasteiger partial charge is 0.0893 e. The van der Waals surface area contributed by atoms with E-state index >= 15 is 0 Å². The molecule has 1 heterocycles. The highest BCUT2D eigenvalue weighted by molar-refractivity contribution is 5.75. The zero-order valence-corrected chi connectivity index (χ0v) is 6.33. The number of hydrogen-bond acceptors (Lipinski definition) is 2. The monoisotopic (exact) mass is 140 g/mol. The summed E-state index contributed by atoms with van der Waals surface area (Å²) in [6.45, 7) is 5.44. The molecule has 0 saturated carbocycles. The van der Waals surface area contributed by atoms with Crippen LogP contribution in [0.3, 0.4) is 0 Å². The molecule has 0 unspecified atom stereocenters. The summed E-state index contributed by atoms with van der Waals surface area (Å²) in [5.74, 6) is 0. The Morgan fingerprint density at radius 2 is 1.90 bits per heavy atom. The molecule has 1 aliphatic rings. The van der Waals surface area contributed by atoms with E-state index in [0.717, 1.165) is 6.67 Å². The largest absolute Gasteiger partial charge is 0.362 e. The van der Waals surface area contributed by atoms with Gasteiger partial charge in [0.25, 0.3) is 0 Å². The number of hydrogen-bond donors (Lipinski definition) is 0. The van der Waals surface area contributed by atoms with Crippen molar-refractivity contribution in [1.82, 2.24) is 9.80 Å². The molecule has 0 N–H and O–H groups in total. The Morgan fingerprint density at radius 3 is 2.10 bits per heavy atom. The molecule has 0 aliphatic carbocycles. The van der Waals surface area contributed by atoms with E-state index in [0.29, 0.717) is 6.04 Å². The molecule has 0 aromatic rings. The first-order chi connectivity index (χ1) is 4.20. The SMILES string of the molecule is B.CC(C)N1C=CN(C)C1. The van der Waals surface area contributed by atoms with Crippen molar-refractivity contribution in [3.05, 3.63) is 12.4 Å². The summed E-state index contributed by atoms with van der Waals surface area (Å²) < 4.78 is 0. The van der Waals surface area contributed by atoms with Crippen LogP contribution in [0.5, 0.6) is 0 Å². The van der Waals surface area contributed by atoms with Gasteiger partial charge in [-0.1, -0.05) is 0 Å². The van der Waals surface area contributed by atoms with E-state index in [2.05, 4.69) is 43.1 Å². The average Bonchev–Trinajstić information content (AvgIpc) is 2.14. The van der Waals surface area contributed by atoms with E-state index in [4.69, 9.17) is 0 Å². The Labute approximate surface area is 65.1 Å². The fourth-order valence-corrected chi connectivity index (χ4v) is 0.887. The quantitative estimate of drug-likeness (QED) is 0.469. The predicted molar refractivity (Wildman–Crippen MR) is 48.7 cm³/mol. The van der Waals surface area contributed by atoms with E-state index in [9.17, 15) is 0 Å². The standard InChI is InChI=1S/C7H14N2.BH3/c1-7(2)9-5-4-8(3)6-9;/h4-5,7H,6H2,1-3H3;1H3. The van der Waals surface area contributed by atoms with E-state index in [1.54, 1.807) is 0 Å². The first-order valence-electron chi connectivity index (χ1n) is 3.34. The summed E-state index contributed by atoms with van der Waals surface area (Å²) >= 11 is 0. The van der Waals surface area contributed by atoms with Crippen molar-refractivity contribution < 1.29 is 0 Å². The summed E-state index contributed by atoms with van der Waals surface area (Å²) in [7, 11) is 2.08. The summed E-state index contributed by atoms with van der Waals surface area (Å²) in [5.41, 5.74) is 0. The predicted octanol–water partition coefficient (Wildman–Crippen LogP) is -0.113. The van der Waals surface area contributed by atoms with Crippen LogP contribution in [-0.2, 0) is 0 Å². The van der Waals surface area contributed by atoms with Crippen LogP contribution in [0.1, 0.15) is 13.8 Å². The summed E-state index contributed by atoms with van der Waals surface area (Å²) in [6, 6.07) is 0.631. The second-order valence-corrected chi connectivity index (χ2v) is 2.80. The highest BCUT2D eigenvalue weighted by Crippen LogP contribution is 2.06. The average molecular weight is 140 g/mol. The lowest BCUT2D eigenvalue weighted by atomic mass is 10.4. The maximum Gasteiger partial charge on any atom is 0.0893 e. The van der Waals surface area contributed by atoms with Crippen molar-refractivity contribution in [3.8, 4) is 0 Å². The lowest BCUT2D eigenvalue weighted by molar-refractivity contribution is 0.254. The highest BCUT2D eigenvalue weighted by Gasteiger charge is 2.09. The summed E-state index contributed by atoms with van der Waals surface area (Å²) in [6.07, 6.45) is 4.23. The molecule has 1 aliphatic heterocycles. The van der Waals surface area contributed by atoms with Crippen molar-refractivity contribution in [1.29, 1.82) is 0 Å². The molecule has 0 fully saturated rings. The second kappa shape index (κ2) is 3.54. The Hall–Kier alpha value is -0.595. The minimum absolute atomic E-state index is 0. The molecule has 0 aromatic carbocycles. The van der Waals surface area contributed by atoms with Crippen LogP contribution in [0.15, 0.2) is 12.4 Å². The second-order valence-electron chi connectivity index (χ2n) is 2.80. The zero-order chi connectivity index (χ0) is 6.85. The van der Waals surface area contributed by atoms with Gasteiger partial charge in [0.2, 0.25) is 0 Å². The molecule has 58 valence electrons. The number of nitrogens with zero attached hydrogens (tertiary/aromatic N) is 2. The molecule has 0 radical (unpaired) electrons. The van der Waals surface area contributed by atoms with Gasteiger partial charge in [-0.15, -0.1) is 0 Å². The van der Waals surface area contributed by atoms with Gasteiger partial charge < -0.3 is 9.80 Å². The molecule has 10 heavy (non-hydrogen) atoms. The topological polar surface area (TPSA) is 6.48 Å². The Morgan fingerprint density at radius 1 is 1.30 bits per heavy atom. The fourth-order valence-electron chi connectivity index (χ4n) is 0.887. The van der Waals surface area contributed by atoms with E-state index in [-0.39, 0.29) is 8.41 Å². The molecule has 0 atom stereocenters. The van der Waals surface area contributed by atoms with Crippen LogP contribution in [0, 0.1) is 0 Å². The lowest BCUT2D eigenvalue weighted by Gasteiger charge is -2.21. The normalized spacial score (nSPS) is 16.4. The van der Waals surface area contributed by atoms with Gasteiger partial charge in [0, 0.05) is 25.5 Å². The van der Waals surface area contributed by atoms with E-state index in [1.165, 1.54) is 0 Å². The van der Waals surface area contributed by atoms with Gasteiger partial charge in [0.15, 0.2) is 0 Å². The zero-order valence-electron chi connectivity index (χ0n) is 6.33. The van der Waals surface area contributed by atoms with Gasteiger partial charge >= 0.3 is 0 Å². The molecular formula is C7H17BN2. The van der Waals surface area contributed by atoms with Gasteiger partial charge in [-0.05, 0) is 13.8 Å². The van der Waals surface area contributed by atoms with Crippen molar-refractivity contribution >= 4 is 8.41 Å². The molecule has 3 heteroatoms. The molecule has 0 bridgehead atoms. The van der Waals surface area contributed by atoms with Gasteiger partial charge in [-0.3, -0.25) is 0 Å². The maximum absolute atomic E-state index is 2.29. The molecule has 0 amide bonds. The number of rotatable bonds is 1. The fraction of sp³-hybridized carbons (Fsp3) is 0.714. The third kappa shape index (κ3) is 1.97. The Kier molecular flexibility index (Phi) is 3.33. The first kappa shape index (κ1) is 9.40. The highest BCUT2D eigenvalue weighted by atomic mass is 15.3. The maximum atomic E-state index is 2.29. The Balaban J connectivity index is 0.000000810. The summed E-state index contributed by atoms with van der Waals surface area (Å²) in [4.78, 5) is 4.46. The molecule has 0 aromatic heterocycles. The van der Waals surface area contributed by atoms with Gasteiger partial charge in [-0.2, -0.15) is 0 Å². The van der Waals surface area contributed by atoms with Crippen molar-refractivity contribution in [2.75, 3.05) is 13.7 Å². The van der Waals surface area contributed by atoms with Crippen LogP contribution in [-0.4, -0.2) is 38.0 Å². The van der Waals surface area contributed by atoms with E-state index in [1.807, 2.05) is 0 Å². The first-order valence-corrected chi connectivity index (χ1v) is 3.34. The summed E-state index contributed by atoms with van der Waals surface area (Å²) in [5, 5.41) is 0. The van der Waals surface area contributed by atoms with Crippen LogP contribution >= 0.6 is 0 Å². The minimum Gasteiger partial charge on any atom is -0.362 e. The van der Waals surface area contributed by atoms with Gasteiger partial charge in [-0.25, -0.2) is 0 Å². The van der Waals surface area contributed by atoms with Crippen molar-refractivity contribution in [2.24, 2.45) is 0 Å². The van der Waals surface area contributed by atoms with Crippen molar-refractivity contribution in [3.63, 3.8) is 0 Å². The molecule has 0 spiro atoms. The molecular weight excluding hydrogens is 123 g/mol. The third-order valence-corrected chi connectivity index (χ3v) is 1.56. The van der Waals surface area contributed by atoms with E-state index < -0.39 is 0 Å². The van der Waals surface area contributed by atoms with Crippen molar-refractivity contribution in [2.45, 2.75) is 19.9 Å². The molecule has 2 nitrogen and oxygen atoms in total.